The number of nitrogens with zero attached hydrogens (tertiary/aromatic N) is 3. The lowest BCUT2D eigenvalue weighted by molar-refractivity contribution is 0.102. The number of carbonyl (C=O) groups is 1. The molecule has 0 spiro atoms. The molecule has 1 aromatic heterocycles. The van der Waals surface area contributed by atoms with E-state index in [0.717, 1.165) is 25.0 Å². The van der Waals surface area contributed by atoms with Crippen molar-refractivity contribution in [2.75, 3.05) is 25.5 Å². The second kappa shape index (κ2) is 8.39. The third-order valence-electron chi connectivity index (χ3n) is 5.24. The van der Waals surface area contributed by atoms with E-state index in [1.54, 1.807) is 16.8 Å². The first-order valence-corrected chi connectivity index (χ1v) is 11.5. The Hall–Kier alpha value is -2.39. The molecule has 0 radical (unpaired) electrons. The summed E-state index contributed by atoms with van der Waals surface area (Å²) in [5, 5.41) is 7.13. The highest BCUT2D eigenvalue weighted by molar-refractivity contribution is 7.89. The van der Waals surface area contributed by atoms with Gasteiger partial charge in [-0.15, -0.1) is 0 Å². The number of nitrogens with one attached hydrogen (secondary N) is 1. The second-order valence-electron chi connectivity index (χ2n) is 8.51. The number of aromatic nitrogens is 2. The van der Waals surface area contributed by atoms with Crippen LogP contribution in [0.5, 0.6) is 5.75 Å². The largest absolute Gasteiger partial charge is 0.495 e. The van der Waals surface area contributed by atoms with E-state index in [1.807, 2.05) is 27.7 Å². The van der Waals surface area contributed by atoms with E-state index in [-0.39, 0.29) is 22.1 Å². The summed E-state index contributed by atoms with van der Waals surface area (Å²) in [4.78, 5) is 12.9. The number of rotatable bonds is 5. The molecule has 1 N–H and O–H groups in total. The maximum absolute atomic E-state index is 13.2. The molecule has 1 saturated heterocycles. The molecule has 2 heterocycles. The molecule has 164 valence electrons. The predicted octanol–water partition coefficient (Wildman–Crippen LogP) is 3.38. The molecular formula is C21H30N4O4S. The van der Waals surface area contributed by atoms with Crippen LogP contribution in [0.2, 0.25) is 0 Å². The first-order valence-electron chi connectivity index (χ1n) is 10.1. The van der Waals surface area contributed by atoms with E-state index in [4.69, 9.17) is 4.74 Å². The number of piperidine rings is 1. The molecule has 1 aromatic carbocycles. The van der Waals surface area contributed by atoms with Gasteiger partial charge in [0.1, 0.15) is 10.6 Å². The van der Waals surface area contributed by atoms with Crippen molar-refractivity contribution < 1.29 is 17.9 Å². The van der Waals surface area contributed by atoms with Crippen molar-refractivity contribution in [1.29, 1.82) is 0 Å². The summed E-state index contributed by atoms with van der Waals surface area (Å²) in [6.07, 6.45) is 4.25. The average Bonchev–Trinajstić information content (AvgIpc) is 3.10. The number of methoxy groups -OCH3 is 1. The number of carbonyl (C=O) groups excluding carboxylic acids is 1. The number of anilines is 1. The van der Waals surface area contributed by atoms with Crippen molar-refractivity contribution in [2.45, 2.75) is 57.4 Å². The Bertz CT molecular complexity index is 1030. The van der Waals surface area contributed by atoms with E-state index >= 15 is 0 Å². The number of hydrogen-bond donors (Lipinski definition) is 1. The lowest BCUT2D eigenvalue weighted by Gasteiger charge is -2.26. The number of benzene rings is 1. The predicted molar refractivity (Wildman–Crippen MR) is 116 cm³/mol. The van der Waals surface area contributed by atoms with Crippen LogP contribution in [0.1, 0.15) is 56.1 Å². The molecule has 1 fully saturated rings. The van der Waals surface area contributed by atoms with Gasteiger partial charge in [-0.25, -0.2) is 8.42 Å². The van der Waals surface area contributed by atoms with Crippen LogP contribution in [0, 0.1) is 6.92 Å². The lowest BCUT2D eigenvalue weighted by Crippen LogP contribution is -2.35. The van der Waals surface area contributed by atoms with E-state index in [0.29, 0.717) is 24.3 Å². The monoisotopic (exact) mass is 434 g/mol. The second-order valence-corrected chi connectivity index (χ2v) is 10.4. The van der Waals surface area contributed by atoms with Crippen molar-refractivity contribution in [3.05, 3.63) is 35.7 Å². The SMILES string of the molecule is COc1ccc(NC(=O)c2cnn(C(C)(C)C)c2C)cc1S(=O)(=O)N1CCCCC1. The van der Waals surface area contributed by atoms with Gasteiger partial charge in [0, 0.05) is 24.5 Å². The Balaban J connectivity index is 1.90. The smallest absolute Gasteiger partial charge is 0.259 e. The van der Waals surface area contributed by atoms with E-state index in [2.05, 4.69) is 10.4 Å². The summed E-state index contributed by atoms with van der Waals surface area (Å²) >= 11 is 0. The molecule has 9 heteroatoms. The van der Waals surface area contributed by atoms with Gasteiger partial charge in [-0.3, -0.25) is 9.48 Å². The molecule has 0 atom stereocenters. The summed E-state index contributed by atoms with van der Waals surface area (Å²) < 4.78 is 34.9. The fourth-order valence-electron chi connectivity index (χ4n) is 3.71. The van der Waals surface area contributed by atoms with Gasteiger partial charge in [-0.05, 0) is 58.7 Å². The summed E-state index contributed by atoms with van der Waals surface area (Å²) in [6.45, 7) is 8.86. The zero-order chi connectivity index (χ0) is 22.1. The van der Waals surface area contributed by atoms with Gasteiger partial charge < -0.3 is 10.1 Å². The van der Waals surface area contributed by atoms with Crippen LogP contribution in [-0.2, 0) is 15.6 Å². The minimum atomic E-state index is -3.71. The van der Waals surface area contributed by atoms with Crippen LogP contribution >= 0.6 is 0 Å². The van der Waals surface area contributed by atoms with E-state index in [9.17, 15) is 13.2 Å². The van der Waals surface area contributed by atoms with Crippen molar-refractivity contribution in [2.24, 2.45) is 0 Å². The molecule has 0 bridgehead atoms. The van der Waals surface area contributed by atoms with Crippen molar-refractivity contribution >= 4 is 21.6 Å². The summed E-state index contributed by atoms with van der Waals surface area (Å²) in [6, 6.07) is 4.66. The summed E-state index contributed by atoms with van der Waals surface area (Å²) in [5.74, 6) is -0.0789. The van der Waals surface area contributed by atoms with Gasteiger partial charge in [0.15, 0.2) is 0 Å². The molecule has 1 aliphatic heterocycles. The van der Waals surface area contributed by atoms with Crippen LogP contribution in [0.3, 0.4) is 0 Å². The molecular weight excluding hydrogens is 404 g/mol. The molecule has 0 saturated carbocycles. The zero-order valence-corrected chi connectivity index (χ0v) is 19.0. The van der Waals surface area contributed by atoms with E-state index < -0.39 is 10.0 Å². The third kappa shape index (κ3) is 4.37. The summed E-state index contributed by atoms with van der Waals surface area (Å²) in [7, 11) is -2.27. The Morgan fingerprint density at radius 3 is 2.40 bits per heavy atom. The van der Waals surface area contributed by atoms with Gasteiger partial charge in [-0.2, -0.15) is 9.40 Å². The molecule has 0 aliphatic carbocycles. The van der Waals surface area contributed by atoms with Crippen LogP contribution in [0.25, 0.3) is 0 Å². The van der Waals surface area contributed by atoms with Crippen LogP contribution in [0.4, 0.5) is 5.69 Å². The highest BCUT2D eigenvalue weighted by Gasteiger charge is 2.29. The van der Waals surface area contributed by atoms with E-state index in [1.165, 1.54) is 23.7 Å². The summed E-state index contributed by atoms with van der Waals surface area (Å²) in [5.41, 5.74) is 1.33. The van der Waals surface area contributed by atoms with Gasteiger partial charge in [0.25, 0.3) is 5.91 Å². The van der Waals surface area contributed by atoms with Gasteiger partial charge in [0.05, 0.1) is 24.4 Å². The number of ether oxygens (including phenoxy) is 1. The number of hydrogen-bond acceptors (Lipinski definition) is 5. The fraction of sp³-hybridized carbons (Fsp3) is 0.524. The average molecular weight is 435 g/mol. The Morgan fingerprint density at radius 2 is 1.83 bits per heavy atom. The van der Waals surface area contributed by atoms with Crippen LogP contribution in [-0.4, -0.2) is 48.6 Å². The highest BCUT2D eigenvalue weighted by atomic mass is 32.2. The normalized spacial score (nSPS) is 15.8. The highest BCUT2D eigenvalue weighted by Crippen LogP contribution is 2.31. The molecule has 1 amide bonds. The first kappa shape index (κ1) is 22.3. The van der Waals surface area contributed by atoms with Gasteiger partial charge in [-0.1, -0.05) is 6.42 Å². The van der Waals surface area contributed by atoms with Gasteiger partial charge >= 0.3 is 0 Å². The zero-order valence-electron chi connectivity index (χ0n) is 18.2. The molecule has 0 unspecified atom stereocenters. The minimum absolute atomic E-state index is 0.0619. The lowest BCUT2D eigenvalue weighted by atomic mass is 10.1. The fourth-order valence-corrected chi connectivity index (χ4v) is 5.41. The molecule has 2 aromatic rings. The maximum atomic E-state index is 13.2. The Kier molecular flexibility index (Phi) is 6.24. The maximum Gasteiger partial charge on any atom is 0.259 e. The topological polar surface area (TPSA) is 93.5 Å². The van der Waals surface area contributed by atoms with Crippen molar-refractivity contribution in [3.63, 3.8) is 0 Å². The molecule has 1 aliphatic rings. The Morgan fingerprint density at radius 1 is 1.17 bits per heavy atom. The number of amides is 1. The van der Waals surface area contributed by atoms with Gasteiger partial charge in [0.2, 0.25) is 10.0 Å². The number of sulfonamides is 1. The minimum Gasteiger partial charge on any atom is -0.495 e. The quantitative estimate of drug-likeness (QED) is 0.779. The standard InChI is InChI=1S/C21H30N4O4S/c1-15-17(14-22-25(15)21(2,3)4)20(26)23-16-9-10-18(29-5)19(13-16)30(27,28)24-11-7-6-8-12-24/h9-10,13-14H,6-8,11-12H2,1-5H3,(H,23,26). The van der Waals surface area contributed by atoms with Crippen LogP contribution in [0.15, 0.2) is 29.3 Å². The molecule has 3 rings (SSSR count). The molecule has 30 heavy (non-hydrogen) atoms. The van der Waals surface area contributed by atoms with Crippen LogP contribution < -0.4 is 10.1 Å². The third-order valence-corrected chi connectivity index (χ3v) is 7.16. The first-order chi connectivity index (χ1) is 14.1. The van der Waals surface area contributed by atoms with Crippen molar-refractivity contribution in [1.82, 2.24) is 14.1 Å². The Labute approximate surface area is 178 Å². The molecule has 8 nitrogen and oxygen atoms in total. The van der Waals surface area contributed by atoms with Crippen molar-refractivity contribution in [3.8, 4) is 5.75 Å².